The second-order valence-electron chi connectivity index (χ2n) is 5.31. The molecule has 1 fully saturated rings. The fourth-order valence-corrected chi connectivity index (χ4v) is 2.90. The molecule has 0 saturated carbocycles. The van der Waals surface area contributed by atoms with E-state index in [4.69, 9.17) is 9.47 Å². The summed E-state index contributed by atoms with van der Waals surface area (Å²) >= 11 is 0. The number of carbonyl (C=O) groups excluding carboxylic acids is 2. The van der Waals surface area contributed by atoms with Crippen LogP contribution in [0.4, 0.5) is 4.79 Å². The number of hydrogen-bond acceptors (Lipinski definition) is 4. The summed E-state index contributed by atoms with van der Waals surface area (Å²) in [5, 5.41) is 0. The highest BCUT2D eigenvalue weighted by Crippen LogP contribution is 2.41. The Morgan fingerprint density at radius 3 is 2.50 bits per heavy atom. The average Bonchev–Trinajstić information content (AvgIpc) is 2.86. The molecule has 0 spiro atoms. The summed E-state index contributed by atoms with van der Waals surface area (Å²) in [4.78, 5) is 25.9. The Morgan fingerprint density at radius 1 is 0.955 bits per heavy atom. The Morgan fingerprint density at radius 2 is 1.68 bits per heavy atom. The lowest BCUT2D eigenvalue weighted by Gasteiger charge is -2.30. The molecular formula is C17H13NO4. The number of carbonyl (C=O) groups is 2. The van der Waals surface area contributed by atoms with Crippen molar-refractivity contribution in [1.82, 2.24) is 4.90 Å². The summed E-state index contributed by atoms with van der Waals surface area (Å²) in [6, 6.07) is 16.0. The molecule has 2 aromatic rings. The highest BCUT2D eigenvalue weighted by molar-refractivity contribution is 5.87. The summed E-state index contributed by atoms with van der Waals surface area (Å²) in [5.74, 6) is 0.0458. The summed E-state index contributed by atoms with van der Waals surface area (Å²) in [6.07, 6.45) is -0.831. The van der Waals surface area contributed by atoms with Crippen molar-refractivity contribution in [2.75, 3.05) is 0 Å². The van der Waals surface area contributed by atoms with Gasteiger partial charge in [-0.2, -0.15) is 0 Å². The molecule has 2 atom stereocenters. The Balaban J connectivity index is 1.69. The molecule has 0 aliphatic carbocycles. The van der Waals surface area contributed by atoms with Gasteiger partial charge in [-0.1, -0.05) is 42.5 Å². The van der Waals surface area contributed by atoms with Crippen LogP contribution in [0.5, 0.6) is 5.75 Å². The molecule has 0 aromatic heterocycles. The normalized spacial score (nSPS) is 22.6. The van der Waals surface area contributed by atoms with E-state index in [1.165, 1.54) is 4.90 Å². The van der Waals surface area contributed by atoms with Gasteiger partial charge in [-0.25, -0.2) is 9.59 Å². The van der Waals surface area contributed by atoms with Crippen molar-refractivity contribution < 1.29 is 19.1 Å². The number of benzene rings is 2. The van der Waals surface area contributed by atoms with Crippen LogP contribution >= 0.6 is 0 Å². The number of ether oxygens (including phenoxy) is 2. The van der Waals surface area contributed by atoms with E-state index in [1.54, 1.807) is 18.2 Å². The first-order chi connectivity index (χ1) is 10.7. The predicted octanol–water partition coefficient (Wildman–Crippen LogP) is 2.67. The third-order valence-electron chi connectivity index (χ3n) is 3.95. The molecule has 0 unspecified atom stereocenters. The lowest BCUT2D eigenvalue weighted by atomic mass is 10.0. The van der Waals surface area contributed by atoms with Crippen molar-refractivity contribution in [3.8, 4) is 5.75 Å². The van der Waals surface area contributed by atoms with Crippen LogP contribution in [0.15, 0.2) is 54.6 Å². The SMILES string of the molecule is O=C1O[C@@H]2c3ccccc3OC(=O)N2[C@@H]1Cc1ccccc1. The molecule has 1 amide bonds. The Hall–Kier alpha value is -2.82. The minimum absolute atomic E-state index is 0.400. The molecule has 0 N–H and O–H groups in total. The van der Waals surface area contributed by atoms with Crippen LogP contribution in [0.3, 0.4) is 0 Å². The molecular weight excluding hydrogens is 282 g/mol. The van der Waals surface area contributed by atoms with Crippen molar-refractivity contribution in [3.05, 3.63) is 65.7 Å². The molecule has 2 aliphatic rings. The zero-order valence-corrected chi connectivity index (χ0v) is 11.6. The van der Waals surface area contributed by atoms with Crippen molar-refractivity contribution in [2.24, 2.45) is 0 Å². The highest BCUT2D eigenvalue weighted by Gasteiger charge is 2.50. The van der Waals surface area contributed by atoms with Crippen LogP contribution in [0.1, 0.15) is 17.4 Å². The van der Waals surface area contributed by atoms with Gasteiger partial charge in [0.2, 0.25) is 6.23 Å². The van der Waals surface area contributed by atoms with Crippen molar-refractivity contribution in [1.29, 1.82) is 0 Å². The first-order valence-electron chi connectivity index (χ1n) is 7.07. The van der Waals surface area contributed by atoms with Crippen molar-refractivity contribution in [3.63, 3.8) is 0 Å². The molecule has 5 heteroatoms. The molecule has 110 valence electrons. The molecule has 5 nitrogen and oxygen atoms in total. The Labute approximate surface area is 127 Å². The second-order valence-corrected chi connectivity index (χ2v) is 5.31. The molecule has 4 rings (SSSR count). The van der Waals surface area contributed by atoms with Crippen LogP contribution < -0.4 is 4.74 Å². The standard InChI is InChI=1S/C17H13NO4/c19-16-13(10-11-6-2-1-3-7-11)18-15(22-16)12-8-4-5-9-14(12)21-17(18)20/h1-9,13,15H,10H2/t13-,15-/m1/s1. The fraction of sp³-hybridized carbons (Fsp3) is 0.176. The minimum Gasteiger partial charge on any atom is -0.435 e. The topological polar surface area (TPSA) is 55.8 Å². The van der Waals surface area contributed by atoms with Crippen LogP contribution in [0, 0.1) is 0 Å². The zero-order valence-electron chi connectivity index (χ0n) is 11.6. The summed E-state index contributed by atoms with van der Waals surface area (Å²) in [6.45, 7) is 0. The van der Waals surface area contributed by atoms with Gasteiger partial charge in [0.15, 0.2) is 0 Å². The van der Waals surface area contributed by atoms with Crippen molar-refractivity contribution in [2.45, 2.75) is 18.7 Å². The number of rotatable bonds is 2. The lowest BCUT2D eigenvalue weighted by Crippen LogP contribution is -2.44. The molecule has 0 radical (unpaired) electrons. The van der Waals surface area contributed by atoms with E-state index in [9.17, 15) is 9.59 Å². The van der Waals surface area contributed by atoms with Gasteiger partial charge in [-0.15, -0.1) is 0 Å². The van der Waals surface area contributed by atoms with E-state index in [0.29, 0.717) is 17.7 Å². The molecule has 0 bridgehead atoms. The maximum Gasteiger partial charge on any atom is 0.419 e. The summed E-state index contributed by atoms with van der Waals surface area (Å²) in [5.41, 5.74) is 1.67. The molecule has 2 aromatic carbocycles. The number of para-hydroxylation sites is 1. The molecule has 1 saturated heterocycles. The van der Waals surface area contributed by atoms with Gasteiger partial charge in [-0.3, -0.25) is 4.90 Å². The largest absolute Gasteiger partial charge is 0.435 e. The van der Waals surface area contributed by atoms with E-state index >= 15 is 0 Å². The van der Waals surface area contributed by atoms with Gasteiger partial charge in [-0.05, 0) is 17.7 Å². The van der Waals surface area contributed by atoms with E-state index in [2.05, 4.69) is 0 Å². The Bertz CT molecular complexity index is 743. The molecule has 2 aliphatic heterocycles. The van der Waals surface area contributed by atoms with Gasteiger partial charge in [0, 0.05) is 6.42 Å². The minimum atomic E-state index is -0.696. The predicted molar refractivity (Wildman–Crippen MR) is 77.1 cm³/mol. The van der Waals surface area contributed by atoms with Crippen LogP contribution in [0.25, 0.3) is 0 Å². The summed E-state index contributed by atoms with van der Waals surface area (Å²) in [7, 11) is 0. The van der Waals surface area contributed by atoms with E-state index < -0.39 is 24.3 Å². The van der Waals surface area contributed by atoms with E-state index in [0.717, 1.165) is 5.56 Å². The first kappa shape index (κ1) is 12.9. The third kappa shape index (κ3) is 1.94. The second kappa shape index (κ2) is 4.87. The van der Waals surface area contributed by atoms with E-state index in [-0.39, 0.29) is 0 Å². The zero-order chi connectivity index (χ0) is 15.1. The number of hydrogen-bond donors (Lipinski definition) is 0. The average molecular weight is 295 g/mol. The third-order valence-corrected chi connectivity index (χ3v) is 3.95. The van der Waals surface area contributed by atoms with Crippen molar-refractivity contribution >= 4 is 12.1 Å². The molecule has 2 heterocycles. The van der Waals surface area contributed by atoms with Gasteiger partial charge in [0.05, 0.1) is 5.56 Å². The maximum atomic E-state index is 12.3. The lowest BCUT2D eigenvalue weighted by molar-refractivity contribution is -0.143. The van der Waals surface area contributed by atoms with Gasteiger partial charge in [0.25, 0.3) is 0 Å². The number of fused-ring (bicyclic) bond motifs is 3. The van der Waals surface area contributed by atoms with Crippen LogP contribution in [-0.4, -0.2) is 23.0 Å². The number of nitrogens with zero attached hydrogens (tertiary/aromatic N) is 1. The number of esters is 1. The van der Waals surface area contributed by atoms with E-state index in [1.807, 2.05) is 36.4 Å². The first-order valence-corrected chi connectivity index (χ1v) is 7.07. The summed E-state index contributed by atoms with van der Waals surface area (Å²) < 4.78 is 10.7. The van der Waals surface area contributed by atoms with Gasteiger partial charge >= 0.3 is 12.1 Å². The highest BCUT2D eigenvalue weighted by atomic mass is 16.6. The number of amides is 1. The monoisotopic (exact) mass is 295 g/mol. The van der Waals surface area contributed by atoms with Crippen LogP contribution in [0.2, 0.25) is 0 Å². The van der Waals surface area contributed by atoms with Gasteiger partial charge < -0.3 is 9.47 Å². The maximum absolute atomic E-state index is 12.3. The Kier molecular flexibility index (Phi) is 2.85. The van der Waals surface area contributed by atoms with Crippen LogP contribution in [-0.2, 0) is 16.0 Å². The fourth-order valence-electron chi connectivity index (χ4n) is 2.90. The van der Waals surface area contributed by atoms with Gasteiger partial charge in [0.1, 0.15) is 11.8 Å². The smallest absolute Gasteiger partial charge is 0.419 e. The molecule has 22 heavy (non-hydrogen) atoms. The quantitative estimate of drug-likeness (QED) is 0.799.